The molecule has 1 aliphatic rings. The molecule has 5 nitrogen and oxygen atoms in total. The lowest BCUT2D eigenvalue weighted by Crippen LogP contribution is -2.63. The Hall–Kier alpha value is -1.92. The lowest BCUT2D eigenvalue weighted by atomic mass is 9.82. The van der Waals surface area contributed by atoms with Gasteiger partial charge in [0.2, 0.25) is 0 Å². The number of aliphatic hydroxyl groups is 1. The van der Waals surface area contributed by atoms with Gasteiger partial charge in [-0.25, -0.2) is 0 Å². The highest BCUT2D eigenvalue weighted by Crippen LogP contribution is 2.38. The summed E-state index contributed by atoms with van der Waals surface area (Å²) in [7, 11) is 1.63. The van der Waals surface area contributed by atoms with Gasteiger partial charge < -0.3 is 20.3 Å². The molecule has 2 aromatic rings. The van der Waals surface area contributed by atoms with Gasteiger partial charge >= 0.3 is 0 Å². The third-order valence-corrected chi connectivity index (χ3v) is 5.80. The van der Waals surface area contributed by atoms with Crippen LogP contribution in [0, 0.1) is 6.92 Å². The quantitative estimate of drug-likeness (QED) is 0.601. The van der Waals surface area contributed by atoms with E-state index in [9.17, 15) is 5.11 Å². The number of aliphatic hydroxyl groups excluding tert-OH is 1. The molecule has 5 heteroatoms. The molecule has 3 rings (SSSR count). The molecule has 0 bridgehead atoms. The molecule has 0 amide bonds. The van der Waals surface area contributed by atoms with E-state index in [0.29, 0.717) is 6.54 Å². The van der Waals surface area contributed by atoms with Crippen LogP contribution in [0.1, 0.15) is 42.6 Å². The van der Waals surface area contributed by atoms with Gasteiger partial charge in [-0.1, -0.05) is 49.7 Å². The van der Waals surface area contributed by atoms with Crippen molar-refractivity contribution in [2.45, 2.75) is 44.4 Å². The molecule has 0 aromatic heterocycles. The van der Waals surface area contributed by atoms with Crippen molar-refractivity contribution in [2.24, 2.45) is 5.73 Å². The zero-order valence-electron chi connectivity index (χ0n) is 17.8. The topological polar surface area (TPSA) is 68.0 Å². The van der Waals surface area contributed by atoms with Crippen molar-refractivity contribution in [1.82, 2.24) is 4.90 Å². The van der Waals surface area contributed by atoms with Crippen molar-refractivity contribution in [3.05, 3.63) is 65.2 Å². The Balaban J connectivity index is 1.63. The largest absolute Gasteiger partial charge is 0.497 e. The maximum absolute atomic E-state index is 10.7. The number of methoxy groups -OCH3 is 1. The van der Waals surface area contributed by atoms with E-state index < -0.39 is 6.10 Å². The summed E-state index contributed by atoms with van der Waals surface area (Å²) in [6.07, 6.45) is 1.46. The summed E-state index contributed by atoms with van der Waals surface area (Å²) >= 11 is 0. The molecule has 1 fully saturated rings. The Morgan fingerprint density at radius 3 is 2.45 bits per heavy atom. The highest BCUT2D eigenvalue weighted by molar-refractivity contribution is 5.35. The predicted octanol–water partition coefficient (Wildman–Crippen LogP) is 3.39. The van der Waals surface area contributed by atoms with Crippen LogP contribution >= 0.6 is 0 Å². The Labute approximate surface area is 174 Å². The summed E-state index contributed by atoms with van der Waals surface area (Å²) < 4.78 is 11.6. The van der Waals surface area contributed by atoms with Gasteiger partial charge in [0.15, 0.2) is 0 Å². The third kappa shape index (κ3) is 4.98. The van der Waals surface area contributed by atoms with Gasteiger partial charge in [0.05, 0.1) is 13.2 Å². The lowest BCUT2D eigenvalue weighted by molar-refractivity contribution is -0.154. The minimum atomic E-state index is -0.713. The van der Waals surface area contributed by atoms with E-state index in [4.69, 9.17) is 15.2 Å². The average molecular weight is 399 g/mol. The molecule has 1 aliphatic heterocycles. The van der Waals surface area contributed by atoms with Gasteiger partial charge in [-0.2, -0.15) is 0 Å². The molecule has 3 N–H and O–H groups in total. The predicted molar refractivity (Wildman–Crippen MR) is 116 cm³/mol. The fraction of sp³-hybridized carbons (Fsp3) is 0.500. The van der Waals surface area contributed by atoms with Crippen molar-refractivity contribution in [1.29, 1.82) is 0 Å². The van der Waals surface area contributed by atoms with Crippen LogP contribution in [0.5, 0.6) is 5.75 Å². The number of nitrogens with zero attached hydrogens (tertiary/aromatic N) is 1. The van der Waals surface area contributed by atoms with Crippen LogP contribution in [0.15, 0.2) is 48.5 Å². The number of nitrogens with two attached hydrogens (primary N) is 1. The molecule has 2 atom stereocenters. The second-order valence-corrected chi connectivity index (χ2v) is 8.06. The van der Waals surface area contributed by atoms with Gasteiger partial charge in [0.25, 0.3) is 0 Å². The number of benzene rings is 2. The van der Waals surface area contributed by atoms with Gasteiger partial charge in [0, 0.05) is 32.3 Å². The number of likely N-dealkylation sites (tertiary alicyclic amines) is 1. The normalized spacial score (nSPS) is 18.1. The SMILES string of the molecule is CCCCOC1(c2ccccc2C)CN(CC(N)C(O)c2ccc(OC)cc2)C1. The number of unbranched alkanes of at least 4 members (excludes halogenated alkanes) is 1. The molecule has 29 heavy (non-hydrogen) atoms. The molecule has 1 saturated heterocycles. The second-order valence-electron chi connectivity index (χ2n) is 8.06. The third-order valence-electron chi connectivity index (χ3n) is 5.80. The number of hydrogen-bond donors (Lipinski definition) is 2. The van der Waals surface area contributed by atoms with Crippen LogP contribution in [0.2, 0.25) is 0 Å². The highest BCUT2D eigenvalue weighted by atomic mass is 16.5. The van der Waals surface area contributed by atoms with Crippen molar-refractivity contribution in [3.8, 4) is 5.75 Å². The first-order valence-corrected chi connectivity index (χ1v) is 10.5. The van der Waals surface area contributed by atoms with Gasteiger partial charge in [-0.05, 0) is 42.2 Å². The molecule has 0 radical (unpaired) electrons. The average Bonchev–Trinajstić information content (AvgIpc) is 2.71. The van der Waals surface area contributed by atoms with Crippen LogP contribution in [-0.2, 0) is 10.3 Å². The monoisotopic (exact) mass is 398 g/mol. The van der Waals surface area contributed by atoms with E-state index >= 15 is 0 Å². The first kappa shape index (κ1) is 21.8. The number of hydrogen-bond acceptors (Lipinski definition) is 5. The first-order chi connectivity index (χ1) is 14.0. The second kappa shape index (κ2) is 9.72. The number of rotatable bonds is 10. The summed E-state index contributed by atoms with van der Waals surface area (Å²) in [6, 6.07) is 15.5. The van der Waals surface area contributed by atoms with Crippen LogP contribution in [0.3, 0.4) is 0 Å². The molecule has 158 valence electrons. The zero-order valence-corrected chi connectivity index (χ0v) is 17.8. The van der Waals surface area contributed by atoms with Crippen molar-refractivity contribution in [3.63, 3.8) is 0 Å². The molecule has 0 saturated carbocycles. The van der Waals surface area contributed by atoms with Crippen LogP contribution in [0.25, 0.3) is 0 Å². The van der Waals surface area contributed by atoms with Gasteiger partial charge in [0.1, 0.15) is 11.4 Å². The maximum atomic E-state index is 10.7. The number of ether oxygens (including phenoxy) is 2. The molecule has 2 unspecified atom stereocenters. The summed E-state index contributed by atoms with van der Waals surface area (Å²) in [5.74, 6) is 0.768. The summed E-state index contributed by atoms with van der Waals surface area (Å²) in [5.41, 5.74) is 9.40. The van der Waals surface area contributed by atoms with E-state index in [1.165, 1.54) is 11.1 Å². The molecule has 2 aromatic carbocycles. The molecule has 0 spiro atoms. The van der Waals surface area contributed by atoms with E-state index in [0.717, 1.165) is 43.9 Å². The van der Waals surface area contributed by atoms with Gasteiger partial charge in [-0.3, -0.25) is 4.90 Å². The smallest absolute Gasteiger partial charge is 0.119 e. The standard InChI is InChI=1S/C24H34N2O3/c1-4-5-14-29-24(21-9-7-6-8-18(21)2)16-26(17-24)15-22(25)23(27)19-10-12-20(28-3)13-11-19/h6-13,22-23,27H,4-5,14-17,25H2,1-3H3. The zero-order chi connectivity index (χ0) is 20.9. The fourth-order valence-corrected chi connectivity index (χ4v) is 4.09. The van der Waals surface area contributed by atoms with Crippen LogP contribution < -0.4 is 10.5 Å². The fourth-order valence-electron chi connectivity index (χ4n) is 4.09. The van der Waals surface area contributed by atoms with Gasteiger partial charge in [-0.15, -0.1) is 0 Å². The molecular formula is C24H34N2O3. The summed E-state index contributed by atoms with van der Waals surface area (Å²) in [4.78, 5) is 2.27. The van der Waals surface area contributed by atoms with E-state index in [2.05, 4.69) is 43.0 Å². The Bertz CT molecular complexity index is 772. The highest BCUT2D eigenvalue weighted by Gasteiger charge is 2.46. The Kier molecular flexibility index (Phi) is 7.30. The van der Waals surface area contributed by atoms with Crippen LogP contribution in [-0.4, -0.2) is 49.4 Å². The van der Waals surface area contributed by atoms with E-state index in [-0.39, 0.29) is 11.6 Å². The first-order valence-electron chi connectivity index (χ1n) is 10.5. The summed E-state index contributed by atoms with van der Waals surface area (Å²) in [6.45, 7) is 7.30. The molecule has 0 aliphatic carbocycles. The summed E-state index contributed by atoms with van der Waals surface area (Å²) in [5, 5.41) is 10.7. The van der Waals surface area contributed by atoms with Crippen molar-refractivity contribution in [2.75, 3.05) is 33.4 Å². The minimum Gasteiger partial charge on any atom is -0.497 e. The van der Waals surface area contributed by atoms with Crippen molar-refractivity contribution < 1.29 is 14.6 Å². The van der Waals surface area contributed by atoms with E-state index in [1.807, 2.05) is 24.3 Å². The van der Waals surface area contributed by atoms with Crippen molar-refractivity contribution >= 4 is 0 Å². The van der Waals surface area contributed by atoms with E-state index in [1.54, 1.807) is 7.11 Å². The molecule has 1 heterocycles. The minimum absolute atomic E-state index is 0.273. The maximum Gasteiger partial charge on any atom is 0.119 e. The lowest BCUT2D eigenvalue weighted by Gasteiger charge is -2.51. The number of aryl methyl sites for hydroxylation is 1. The Morgan fingerprint density at radius 2 is 1.83 bits per heavy atom. The molecular weight excluding hydrogens is 364 g/mol. The Morgan fingerprint density at radius 1 is 1.14 bits per heavy atom. The van der Waals surface area contributed by atoms with Crippen LogP contribution in [0.4, 0.5) is 0 Å².